The molecule has 0 saturated carbocycles. The van der Waals surface area contributed by atoms with E-state index in [0.29, 0.717) is 5.56 Å². The number of fused-ring (bicyclic) bond motifs is 2. The van der Waals surface area contributed by atoms with Crippen molar-refractivity contribution in [1.82, 2.24) is 0 Å². The van der Waals surface area contributed by atoms with E-state index in [-0.39, 0.29) is 50.7 Å². The van der Waals surface area contributed by atoms with Gasteiger partial charge >= 0.3 is 11.7 Å². The number of esters is 1. The number of ether oxygens (including phenoxy) is 2. The van der Waals surface area contributed by atoms with Crippen molar-refractivity contribution >= 4 is 34.8 Å². The zero-order valence-corrected chi connectivity index (χ0v) is 18.6. The van der Waals surface area contributed by atoms with E-state index < -0.39 is 29.2 Å². The summed E-state index contributed by atoms with van der Waals surface area (Å²) >= 11 is 0. The molecule has 1 amide bonds. The number of nitrogens with one attached hydrogen (secondary N) is 1. The minimum absolute atomic E-state index is 0.0488. The van der Waals surface area contributed by atoms with Crippen molar-refractivity contribution in [1.29, 1.82) is 0 Å². The van der Waals surface area contributed by atoms with Crippen molar-refractivity contribution < 1.29 is 33.6 Å². The van der Waals surface area contributed by atoms with Gasteiger partial charge in [0.05, 0.1) is 17.6 Å². The number of methoxy groups -OCH3 is 1. The number of carbonyl (C=O) groups excluding carboxylic acids is 4. The van der Waals surface area contributed by atoms with E-state index in [1.165, 1.54) is 43.5 Å². The number of nitro groups is 1. The van der Waals surface area contributed by atoms with Gasteiger partial charge in [0.15, 0.2) is 23.9 Å². The van der Waals surface area contributed by atoms with E-state index in [4.69, 9.17) is 9.47 Å². The Balaban J connectivity index is 1.52. The maximum absolute atomic E-state index is 13.0. The molecular weight excluding hydrogens is 456 g/mol. The van der Waals surface area contributed by atoms with Crippen molar-refractivity contribution in [2.24, 2.45) is 0 Å². The van der Waals surface area contributed by atoms with Crippen LogP contribution < -0.4 is 10.1 Å². The molecule has 0 heterocycles. The Morgan fingerprint density at radius 2 is 1.63 bits per heavy atom. The largest absolute Gasteiger partial charge is 0.490 e. The van der Waals surface area contributed by atoms with Gasteiger partial charge < -0.3 is 14.8 Å². The molecule has 1 aliphatic carbocycles. The average Bonchev–Trinajstić information content (AvgIpc) is 2.86. The molecule has 0 unspecified atom stereocenters. The second kappa shape index (κ2) is 9.18. The number of carbonyl (C=O) groups is 4. The quantitative estimate of drug-likeness (QED) is 0.254. The standard InChI is InChI=1S/C25H18N2O8/c1-13-10-19(27(32)33)20(34-2)11-18(13)26-21(28)12-35-25(31)17-9-5-8-16-22(17)24(30)15-7-4-3-6-14(15)23(16)29/h3-11H,12H2,1-2H3,(H,26,28). The van der Waals surface area contributed by atoms with E-state index in [1.807, 2.05) is 0 Å². The summed E-state index contributed by atoms with van der Waals surface area (Å²) in [6.07, 6.45) is 0. The van der Waals surface area contributed by atoms with Crippen LogP contribution in [0, 0.1) is 17.0 Å². The van der Waals surface area contributed by atoms with Gasteiger partial charge in [-0.05, 0) is 18.6 Å². The lowest BCUT2D eigenvalue weighted by Gasteiger charge is -2.19. The monoisotopic (exact) mass is 474 g/mol. The smallest absolute Gasteiger partial charge is 0.339 e. The van der Waals surface area contributed by atoms with Crippen LogP contribution in [0.5, 0.6) is 5.75 Å². The molecule has 0 bridgehead atoms. The number of nitrogens with zero attached hydrogens (tertiary/aromatic N) is 1. The normalized spacial score (nSPS) is 11.8. The molecular formula is C25H18N2O8. The van der Waals surface area contributed by atoms with Crippen molar-refractivity contribution in [2.45, 2.75) is 6.92 Å². The van der Waals surface area contributed by atoms with Crippen LogP contribution in [0.2, 0.25) is 0 Å². The highest BCUT2D eigenvalue weighted by Crippen LogP contribution is 2.33. The molecule has 0 atom stereocenters. The number of rotatable bonds is 6. The number of benzene rings is 3. The molecule has 176 valence electrons. The molecule has 35 heavy (non-hydrogen) atoms. The maximum Gasteiger partial charge on any atom is 0.339 e. The topological polar surface area (TPSA) is 142 Å². The van der Waals surface area contributed by atoms with Crippen LogP contribution in [0.3, 0.4) is 0 Å². The Bertz CT molecular complexity index is 1430. The van der Waals surface area contributed by atoms with Crippen molar-refractivity contribution in [3.8, 4) is 5.75 Å². The number of anilines is 1. The number of nitro benzene ring substituents is 1. The lowest BCUT2D eigenvalue weighted by molar-refractivity contribution is -0.385. The average molecular weight is 474 g/mol. The fraction of sp³-hybridized carbons (Fsp3) is 0.120. The van der Waals surface area contributed by atoms with Gasteiger partial charge in [-0.25, -0.2) is 4.79 Å². The molecule has 4 rings (SSSR count). The minimum atomic E-state index is -0.949. The first-order valence-corrected chi connectivity index (χ1v) is 10.3. The molecule has 10 heteroatoms. The predicted molar refractivity (Wildman–Crippen MR) is 123 cm³/mol. The summed E-state index contributed by atoms with van der Waals surface area (Å²) in [5.74, 6) is -2.58. The van der Waals surface area contributed by atoms with Crippen molar-refractivity contribution in [2.75, 3.05) is 19.0 Å². The third-order valence-electron chi connectivity index (χ3n) is 5.50. The van der Waals surface area contributed by atoms with Crippen molar-refractivity contribution in [3.63, 3.8) is 0 Å². The summed E-state index contributed by atoms with van der Waals surface area (Å²) in [6.45, 7) is 0.866. The number of hydrogen-bond acceptors (Lipinski definition) is 8. The van der Waals surface area contributed by atoms with Gasteiger partial charge in [-0.1, -0.05) is 36.4 Å². The Hall–Kier alpha value is -4.86. The summed E-state index contributed by atoms with van der Waals surface area (Å²) in [4.78, 5) is 61.5. The number of hydrogen-bond donors (Lipinski definition) is 1. The molecule has 0 aliphatic heterocycles. The molecule has 3 aromatic rings. The second-order valence-corrected chi connectivity index (χ2v) is 7.65. The molecule has 0 radical (unpaired) electrons. The first-order chi connectivity index (χ1) is 16.7. The van der Waals surface area contributed by atoms with E-state index >= 15 is 0 Å². The first-order valence-electron chi connectivity index (χ1n) is 10.3. The van der Waals surface area contributed by atoms with Gasteiger partial charge in [0, 0.05) is 40.1 Å². The predicted octanol–water partition coefficient (Wildman–Crippen LogP) is 3.48. The fourth-order valence-electron chi connectivity index (χ4n) is 3.82. The Kier molecular flexibility index (Phi) is 6.11. The highest BCUT2D eigenvalue weighted by Gasteiger charge is 2.33. The van der Waals surface area contributed by atoms with Gasteiger partial charge in [-0.3, -0.25) is 24.5 Å². The second-order valence-electron chi connectivity index (χ2n) is 7.65. The first kappa shape index (κ1) is 23.3. The zero-order chi connectivity index (χ0) is 25.3. The van der Waals surface area contributed by atoms with E-state index in [0.717, 1.165) is 0 Å². The van der Waals surface area contributed by atoms with Crippen LogP contribution in [0.15, 0.2) is 54.6 Å². The minimum Gasteiger partial charge on any atom is -0.490 e. The Labute approximate surface area is 198 Å². The molecule has 1 N–H and O–H groups in total. The van der Waals surface area contributed by atoms with Gasteiger partial charge in [-0.15, -0.1) is 0 Å². The molecule has 0 saturated heterocycles. The van der Waals surface area contributed by atoms with Gasteiger partial charge in [-0.2, -0.15) is 0 Å². The fourth-order valence-corrected chi connectivity index (χ4v) is 3.82. The van der Waals surface area contributed by atoms with Crippen LogP contribution in [-0.4, -0.2) is 42.1 Å². The van der Waals surface area contributed by atoms with Crippen LogP contribution >= 0.6 is 0 Å². The van der Waals surface area contributed by atoms with Crippen LogP contribution in [0.1, 0.15) is 47.8 Å². The van der Waals surface area contributed by atoms with Gasteiger partial charge in [0.2, 0.25) is 0 Å². The Morgan fingerprint density at radius 1 is 0.971 bits per heavy atom. The number of amides is 1. The number of aryl methyl sites for hydroxylation is 1. The van der Waals surface area contributed by atoms with Crippen LogP contribution in [-0.2, 0) is 9.53 Å². The summed E-state index contributed by atoms with van der Waals surface area (Å²) < 4.78 is 10.1. The molecule has 3 aromatic carbocycles. The summed E-state index contributed by atoms with van der Waals surface area (Å²) in [7, 11) is 1.26. The molecule has 10 nitrogen and oxygen atoms in total. The van der Waals surface area contributed by atoms with Gasteiger partial charge in [0.1, 0.15) is 0 Å². The maximum atomic E-state index is 13.0. The van der Waals surface area contributed by atoms with Crippen molar-refractivity contribution in [3.05, 3.63) is 98.1 Å². The summed E-state index contributed by atoms with van der Waals surface area (Å²) in [6, 6.07) is 13.1. The lowest BCUT2D eigenvalue weighted by atomic mass is 9.82. The van der Waals surface area contributed by atoms with Gasteiger partial charge in [0.25, 0.3) is 5.91 Å². The molecule has 0 fully saturated rings. The zero-order valence-electron chi connectivity index (χ0n) is 18.6. The third-order valence-corrected chi connectivity index (χ3v) is 5.50. The number of ketones is 2. The molecule has 0 aromatic heterocycles. The van der Waals surface area contributed by atoms with Crippen LogP contribution in [0.25, 0.3) is 0 Å². The van der Waals surface area contributed by atoms with E-state index in [9.17, 15) is 29.3 Å². The molecule has 0 spiro atoms. The highest BCUT2D eigenvalue weighted by atomic mass is 16.6. The van der Waals surface area contributed by atoms with E-state index in [2.05, 4.69) is 5.32 Å². The Morgan fingerprint density at radius 3 is 2.29 bits per heavy atom. The van der Waals surface area contributed by atoms with Crippen LogP contribution in [0.4, 0.5) is 11.4 Å². The summed E-state index contributed by atoms with van der Waals surface area (Å²) in [5, 5.41) is 13.6. The highest BCUT2D eigenvalue weighted by molar-refractivity contribution is 6.30. The lowest BCUT2D eigenvalue weighted by Crippen LogP contribution is -2.26. The third kappa shape index (κ3) is 4.24. The SMILES string of the molecule is COc1cc(NC(=O)COC(=O)c2cccc3c2C(=O)c2ccccc2C3=O)c(C)cc1[N+](=O)[O-]. The molecule has 1 aliphatic rings. The summed E-state index contributed by atoms with van der Waals surface area (Å²) in [5.41, 5.74) is 0.702. The van der Waals surface area contributed by atoms with E-state index in [1.54, 1.807) is 25.1 Å².